The van der Waals surface area contributed by atoms with Crippen LogP contribution in [0.1, 0.15) is 41.5 Å². The third kappa shape index (κ3) is 6.64. The van der Waals surface area contributed by atoms with Crippen LogP contribution in [0.5, 0.6) is 11.5 Å². The zero-order valence-corrected chi connectivity index (χ0v) is 22.5. The summed E-state index contributed by atoms with van der Waals surface area (Å²) >= 11 is 0. The van der Waals surface area contributed by atoms with Gasteiger partial charge in [-0.3, -0.25) is 0 Å². The van der Waals surface area contributed by atoms with Gasteiger partial charge in [0.15, 0.2) is 0 Å². The minimum atomic E-state index is -0.189. The average molecular weight is 531 g/mol. The molecule has 2 saturated heterocycles. The molecule has 0 aromatic heterocycles. The summed E-state index contributed by atoms with van der Waals surface area (Å²) in [6.45, 7) is 5.72. The van der Waals surface area contributed by atoms with Crippen molar-refractivity contribution in [1.29, 1.82) is 0 Å². The first-order chi connectivity index (χ1) is 19.3. The van der Waals surface area contributed by atoms with Crippen LogP contribution < -0.4 is 9.47 Å². The Balaban J connectivity index is 1.10. The summed E-state index contributed by atoms with van der Waals surface area (Å²) in [7, 11) is 0. The van der Waals surface area contributed by atoms with Crippen molar-refractivity contribution in [3.05, 3.63) is 95.1 Å². The molecule has 2 heterocycles. The van der Waals surface area contributed by atoms with E-state index < -0.39 is 0 Å². The molecule has 0 bridgehead atoms. The van der Waals surface area contributed by atoms with Crippen molar-refractivity contribution < 1.29 is 28.4 Å². The molecule has 3 aromatic rings. The van der Waals surface area contributed by atoms with Gasteiger partial charge in [0.1, 0.15) is 23.7 Å². The molecular weight excluding hydrogens is 492 g/mol. The van der Waals surface area contributed by atoms with Crippen LogP contribution in [0.15, 0.2) is 72.8 Å². The summed E-state index contributed by atoms with van der Waals surface area (Å²) in [5, 5.41) is 0. The van der Waals surface area contributed by atoms with Gasteiger partial charge in [-0.1, -0.05) is 48.5 Å². The van der Waals surface area contributed by atoms with Crippen LogP contribution in [-0.2, 0) is 30.8 Å². The molecule has 0 radical (unpaired) electrons. The molecule has 0 amide bonds. The Morgan fingerprint density at radius 1 is 0.641 bits per heavy atom. The molecule has 0 spiro atoms. The van der Waals surface area contributed by atoms with Crippen LogP contribution in [-0.4, -0.2) is 65.1 Å². The van der Waals surface area contributed by atoms with E-state index in [1.54, 1.807) is 0 Å². The predicted molar refractivity (Wildman–Crippen MR) is 149 cm³/mol. The maximum Gasteiger partial charge on any atom is 0.119 e. The molecule has 3 aromatic carbocycles. The third-order valence-electron chi connectivity index (χ3n) is 7.76. The standard InChI is InChI=1S/C33H38O6/c1-2-6-32-25(5-1)15-16-33(32,26-7-11-28(12-8-26)36-19-3-17-34-21-30-23-38-30)27-9-13-29(14-10-27)37-20-4-18-35-22-31-24-39-31/h1-2,5-14,30-31H,3-4,15-24H2. The highest BCUT2D eigenvalue weighted by Gasteiger charge is 2.41. The second-order valence-electron chi connectivity index (χ2n) is 10.6. The quantitative estimate of drug-likeness (QED) is 0.184. The van der Waals surface area contributed by atoms with Gasteiger partial charge < -0.3 is 28.4 Å². The Bertz CT molecular complexity index is 1120. The molecule has 6 rings (SSSR count). The molecule has 2 aliphatic heterocycles. The molecule has 6 heteroatoms. The first kappa shape index (κ1) is 26.3. The lowest BCUT2D eigenvalue weighted by atomic mass is 9.70. The third-order valence-corrected chi connectivity index (χ3v) is 7.76. The molecular formula is C33H38O6. The Morgan fingerprint density at radius 2 is 1.15 bits per heavy atom. The molecule has 0 N–H and O–H groups in total. The number of epoxide rings is 2. The van der Waals surface area contributed by atoms with E-state index in [1.165, 1.54) is 22.3 Å². The Hall–Kier alpha value is -2.90. The lowest BCUT2D eigenvalue weighted by Crippen LogP contribution is -2.26. The number of hydrogen-bond acceptors (Lipinski definition) is 6. The van der Waals surface area contributed by atoms with Gasteiger partial charge in [0, 0.05) is 31.5 Å². The number of ether oxygens (including phenoxy) is 6. The summed E-state index contributed by atoms with van der Waals surface area (Å²) < 4.78 is 33.6. The highest BCUT2D eigenvalue weighted by Crippen LogP contribution is 2.49. The number of rotatable bonds is 16. The molecule has 2 unspecified atom stereocenters. The number of benzene rings is 3. The zero-order chi connectivity index (χ0) is 26.3. The number of aryl methyl sites for hydroxylation is 1. The lowest BCUT2D eigenvalue weighted by Gasteiger charge is -2.32. The van der Waals surface area contributed by atoms with E-state index >= 15 is 0 Å². The largest absolute Gasteiger partial charge is 0.494 e. The highest BCUT2D eigenvalue weighted by molar-refractivity contribution is 5.57. The van der Waals surface area contributed by atoms with E-state index in [0.717, 1.165) is 50.4 Å². The fraction of sp³-hybridized carbons (Fsp3) is 0.455. The van der Waals surface area contributed by atoms with E-state index in [-0.39, 0.29) is 5.41 Å². The summed E-state index contributed by atoms with van der Waals surface area (Å²) in [6.07, 6.45) is 4.45. The predicted octanol–water partition coefficient (Wildman–Crippen LogP) is 5.34. The zero-order valence-electron chi connectivity index (χ0n) is 22.5. The van der Waals surface area contributed by atoms with Gasteiger partial charge in [-0.15, -0.1) is 0 Å². The second-order valence-corrected chi connectivity index (χ2v) is 10.6. The molecule has 6 nitrogen and oxygen atoms in total. The van der Waals surface area contributed by atoms with Crippen LogP contribution in [0, 0.1) is 0 Å². The molecule has 39 heavy (non-hydrogen) atoms. The van der Waals surface area contributed by atoms with Crippen molar-refractivity contribution in [1.82, 2.24) is 0 Å². The van der Waals surface area contributed by atoms with E-state index in [9.17, 15) is 0 Å². The summed E-state index contributed by atoms with van der Waals surface area (Å²) in [5.41, 5.74) is 5.20. The first-order valence-electron chi connectivity index (χ1n) is 14.2. The monoisotopic (exact) mass is 530 g/mol. The van der Waals surface area contributed by atoms with Crippen LogP contribution in [0.25, 0.3) is 0 Å². The molecule has 0 saturated carbocycles. The molecule has 2 fully saturated rings. The smallest absolute Gasteiger partial charge is 0.119 e. The summed E-state index contributed by atoms with van der Waals surface area (Å²) in [4.78, 5) is 0. The maximum atomic E-state index is 6.00. The fourth-order valence-corrected chi connectivity index (χ4v) is 5.51. The second kappa shape index (κ2) is 12.5. The van der Waals surface area contributed by atoms with Gasteiger partial charge in [0.05, 0.1) is 39.6 Å². The van der Waals surface area contributed by atoms with Crippen LogP contribution in [0.4, 0.5) is 0 Å². The van der Waals surface area contributed by atoms with Gasteiger partial charge in [-0.2, -0.15) is 0 Å². The average Bonchev–Trinajstić information content (AvgIpc) is 3.92. The van der Waals surface area contributed by atoms with Crippen LogP contribution >= 0.6 is 0 Å². The van der Waals surface area contributed by atoms with Gasteiger partial charge in [0.25, 0.3) is 0 Å². The Labute approximate surface area is 231 Å². The minimum absolute atomic E-state index is 0.189. The summed E-state index contributed by atoms with van der Waals surface area (Å²) in [6, 6.07) is 26.2. The topological polar surface area (TPSA) is 62.0 Å². The normalized spacial score (nSPS) is 22.9. The van der Waals surface area contributed by atoms with Gasteiger partial charge in [-0.05, 0) is 59.4 Å². The molecule has 3 aliphatic rings. The minimum Gasteiger partial charge on any atom is -0.494 e. The van der Waals surface area contributed by atoms with Crippen molar-refractivity contribution >= 4 is 0 Å². The van der Waals surface area contributed by atoms with Crippen molar-refractivity contribution in [2.45, 2.75) is 43.3 Å². The van der Waals surface area contributed by atoms with Gasteiger partial charge in [-0.25, -0.2) is 0 Å². The molecule has 1 aliphatic carbocycles. The van der Waals surface area contributed by atoms with Crippen molar-refractivity contribution in [2.75, 3.05) is 52.9 Å². The van der Waals surface area contributed by atoms with E-state index in [2.05, 4.69) is 72.8 Å². The Morgan fingerprint density at radius 3 is 1.67 bits per heavy atom. The van der Waals surface area contributed by atoms with Gasteiger partial charge >= 0.3 is 0 Å². The molecule has 2 atom stereocenters. The van der Waals surface area contributed by atoms with Crippen molar-refractivity contribution in [3.8, 4) is 11.5 Å². The van der Waals surface area contributed by atoms with E-state index in [0.29, 0.717) is 51.8 Å². The first-order valence-corrected chi connectivity index (χ1v) is 14.2. The van der Waals surface area contributed by atoms with E-state index in [1.807, 2.05) is 0 Å². The maximum absolute atomic E-state index is 6.00. The van der Waals surface area contributed by atoms with Crippen LogP contribution in [0.3, 0.4) is 0 Å². The lowest BCUT2D eigenvalue weighted by molar-refractivity contribution is 0.104. The SMILES string of the molecule is c1ccc2c(c1)CCC2(c1ccc(OCCCOCC2CO2)cc1)c1ccc(OCCCOCC2CO2)cc1. The Kier molecular flexibility index (Phi) is 8.45. The highest BCUT2D eigenvalue weighted by atomic mass is 16.6. The fourth-order valence-electron chi connectivity index (χ4n) is 5.51. The van der Waals surface area contributed by atoms with Crippen LogP contribution in [0.2, 0.25) is 0 Å². The van der Waals surface area contributed by atoms with E-state index in [4.69, 9.17) is 28.4 Å². The van der Waals surface area contributed by atoms with Crippen molar-refractivity contribution in [3.63, 3.8) is 0 Å². The van der Waals surface area contributed by atoms with Crippen molar-refractivity contribution in [2.24, 2.45) is 0 Å². The molecule has 206 valence electrons. The number of fused-ring (bicyclic) bond motifs is 1. The van der Waals surface area contributed by atoms with Gasteiger partial charge in [0.2, 0.25) is 0 Å². The summed E-state index contributed by atoms with van der Waals surface area (Å²) in [5.74, 6) is 1.78. The number of hydrogen-bond donors (Lipinski definition) is 0.